The Morgan fingerprint density at radius 2 is 1.74 bits per heavy atom. The molecule has 2 rings (SSSR count). The van der Waals surface area contributed by atoms with Crippen molar-refractivity contribution in [3.8, 4) is 0 Å². The van der Waals surface area contributed by atoms with Crippen LogP contribution in [-0.4, -0.2) is 92.3 Å². The number of hydrogen-bond acceptors (Lipinski definition) is 7. The highest BCUT2D eigenvalue weighted by Crippen LogP contribution is 2.29. The number of aliphatic hydroxyl groups is 2. The van der Waals surface area contributed by atoms with Gasteiger partial charge in [0, 0.05) is 18.1 Å². The van der Waals surface area contributed by atoms with Gasteiger partial charge in [0.05, 0.1) is 35.5 Å². The van der Waals surface area contributed by atoms with Crippen molar-refractivity contribution in [1.29, 1.82) is 0 Å². The molecule has 0 bridgehead atoms. The largest absolute Gasteiger partial charge is 0.390 e. The summed E-state index contributed by atoms with van der Waals surface area (Å²) in [6.45, 7) is 6.00. The van der Waals surface area contributed by atoms with E-state index in [1.165, 1.54) is 6.42 Å². The Kier molecular flexibility index (Phi) is 15.9. The molecule has 1 aromatic carbocycles. The minimum Gasteiger partial charge on any atom is -0.390 e. The zero-order valence-electron chi connectivity index (χ0n) is 26.6. The van der Waals surface area contributed by atoms with Gasteiger partial charge < -0.3 is 25.7 Å². The third-order valence-corrected chi connectivity index (χ3v) is 10.2. The van der Waals surface area contributed by atoms with E-state index in [0.29, 0.717) is 30.3 Å². The Morgan fingerprint density at radius 3 is 2.35 bits per heavy atom. The molecule has 1 aliphatic carbocycles. The van der Waals surface area contributed by atoms with Crippen molar-refractivity contribution < 1.29 is 28.2 Å². The first-order valence-corrected chi connectivity index (χ1v) is 17.9. The van der Waals surface area contributed by atoms with Crippen molar-refractivity contribution >= 4 is 33.3 Å². The molecule has 4 N–H and O–H groups in total. The molecule has 1 saturated carbocycles. The maximum Gasteiger partial charge on any atom is 0.224 e. The van der Waals surface area contributed by atoms with E-state index in [1.807, 2.05) is 13.8 Å². The van der Waals surface area contributed by atoms with Crippen LogP contribution in [0.25, 0.3) is 0 Å². The first-order valence-electron chi connectivity index (χ1n) is 15.7. The van der Waals surface area contributed by atoms with Crippen molar-refractivity contribution in [2.75, 3.05) is 38.7 Å². The molecule has 0 spiro atoms. The molecule has 11 heteroatoms. The molecule has 0 radical (unpaired) electrons. The van der Waals surface area contributed by atoms with Crippen LogP contribution in [0.3, 0.4) is 0 Å². The van der Waals surface area contributed by atoms with Gasteiger partial charge in [0.2, 0.25) is 11.8 Å². The van der Waals surface area contributed by atoms with Crippen molar-refractivity contribution in [2.45, 2.75) is 90.4 Å². The number of rotatable bonds is 18. The number of sulfone groups is 1. The maximum absolute atomic E-state index is 13.3. The van der Waals surface area contributed by atoms with Crippen molar-refractivity contribution in [3.05, 3.63) is 34.9 Å². The summed E-state index contributed by atoms with van der Waals surface area (Å²) in [4.78, 5) is 28.4. The third kappa shape index (κ3) is 14.3. The Balaban J connectivity index is 2.08. The van der Waals surface area contributed by atoms with Gasteiger partial charge in [-0.05, 0) is 62.9 Å². The van der Waals surface area contributed by atoms with Gasteiger partial charge in [-0.25, -0.2) is 8.42 Å². The second-order valence-electron chi connectivity index (χ2n) is 13.1. The summed E-state index contributed by atoms with van der Waals surface area (Å²) in [5.74, 6) is -2.08. The van der Waals surface area contributed by atoms with E-state index in [4.69, 9.17) is 11.6 Å². The molecule has 0 aromatic heterocycles. The first-order chi connectivity index (χ1) is 20.2. The third-order valence-electron chi connectivity index (χ3n) is 8.24. The zero-order valence-corrected chi connectivity index (χ0v) is 28.2. The summed E-state index contributed by atoms with van der Waals surface area (Å²) in [6.07, 6.45) is 4.68. The van der Waals surface area contributed by atoms with Gasteiger partial charge in [0.25, 0.3) is 0 Å². The van der Waals surface area contributed by atoms with E-state index in [1.54, 1.807) is 50.2 Å². The summed E-state index contributed by atoms with van der Waals surface area (Å²) >= 11 is 6.13. The lowest BCUT2D eigenvalue weighted by atomic mass is 9.82. The Morgan fingerprint density at radius 1 is 1.07 bits per heavy atom. The van der Waals surface area contributed by atoms with Crippen LogP contribution in [-0.2, 0) is 25.8 Å². The van der Waals surface area contributed by atoms with Gasteiger partial charge in [-0.3, -0.25) is 9.59 Å². The fourth-order valence-corrected chi connectivity index (χ4v) is 7.56. The van der Waals surface area contributed by atoms with E-state index in [9.17, 15) is 28.2 Å². The normalized spacial score (nSPS) is 18.2. The number of benzene rings is 1. The molecule has 2 amide bonds. The number of aliphatic hydroxyl groups excluding tert-OH is 2. The number of amides is 2. The van der Waals surface area contributed by atoms with Crippen molar-refractivity contribution in [1.82, 2.24) is 15.5 Å². The molecular weight excluding hydrogens is 590 g/mol. The number of nitrogens with zero attached hydrogens (tertiary/aromatic N) is 1. The second kappa shape index (κ2) is 18.3. The number of hydrogen-bond donors (Lipinski definition) is 4. The summed E-state index contributed by atoms with van der Waals surface area (Å²) in [5, 5.41) is 27.9. The number of nitrogens with one attached hydrogen (secondary N) is 2. The predicted molar refractivity (Wildman–Crippen MR) is 173 cm³/mol. The molecule has 0 heterocycles. The van der Waals surface area contributed by atoms with E-state index in [0.717, 1.165) is 31.2 Å². The zero-order chi connectivity index (χ0) is 32.2. The highest BCUT2D eigenvalue weighted by molar-refractivity contribution is 7.91. The van der Waals surface area contributed by atoms with Gasteiger partial charge in [-0.2, -0.15) is 0 Å². The Hall–Kier alpha value is -1.72. The molecule has 1 fully saturated rings. The lowest BCUT2D eigenvalue weighted by molar-refractivity contribution is -0.128. The van der Waals surface area contributed by atoms with Crippen LogP contribution in [0.15, 0.2) is 24.3 Å². The lowest BCUT2D eigenvalue weighted by Gasteiger charge is -2.33. The summed E-state index contributed by atoms with van der Waals surface area (Å²) in [7, 11) is 0.0582. The Labute approximate surface area is 264 Å². The van der Waals surface area contributed by atoms with Crippen LogP contribution >= 0.6 is 11.6 Å². The van der Waals surface area contributed by atoms with Crippen LogP contribution in [0.1, 0.15) is 71.3 Å². The molecule has 0 saturated heterocycles. The average molecular weight is 644 g/mol. The van der Waals surface area contributed by atoms with E-state index in [2.05, 4.69) is 10.6 Å². The van der Waals surface area contributed by atoms with Crippen LogP contribution in [0, 0.1) is 23.7 Å². The minimum absolute atomic E-state index is 0.00918. The Bertz CT molecular complexity index is 1110. The van der Waals surface area contributed by atoms with Crippen LogP contribution in [0.4, 0.5) is 0 Å². The van der Waals surface area contributed by atoms with Gasteiger partial charge in [-0.1, -0.05) is 76.6 Å². The van der Waals surface area contributed by atoms with Gasteiger partial charge >= 0.3 is 0 Å². The summed E-state index contributed by atoms with van der Waals surface area (Å²) in [6, 6.07) is 6.40. The molecule has 246 valence electrons. The van der Waals surface area contributed by atoms with Crippen LogP contribution < -0.4 is 10.6 Å². The van der Waals surface area contributed by atoms with Crippen LogP contribution in [0.5, 0.6) is 0 Å². The molecule has 43 heavy (non-hydrogen) atoms. The maximum atomic E-state index is 13.3. The monoisotopic (exact) mass is 643 g/mol. The topological polar surface area (TPSA) is 136 Å². The first kappa shape index (κ1) is 37.5. The number of halogens is 1. The summed E-state index contributed by atoms with van der Waals surface area (Å²) in [5.41, 5.74) is 0.751. The number of carbonyl (C=O) groups is 2. The summed E-state index contributed by atoms with van der Waals surface area (Å²) < 4.78 is 25.8. The fraction of sp³-hybridized carbons (Fsp3) is 0.750. The van der Waals surface area contributed by atoms with Crippen molar-refractivity contribution in [2.24, 2.45) is 23.7 Å². The van der Waals surface area contributed by atoms with Crippen LogP contribution in [0.2, 0.25) is 5.02 Å². The van der Waals surface area contributed by atoms with E-state index < -0.39 is 45.8 Å². The van der Waals surface area contributed by atoms with Gasteiger partial charge in [0.15, 0.2) is 9.84 Å². The highest BCUT2D eigenvalue weighted by Gasteiger charge is 2.32. The van der Waals surface area contributed by atoms with Gasteiger partial charge in [0.1, 0.15) is 6.10 Å². The minimum atomic E-state index is -3.53. The lowest BCUT2D eigenvalue weighted by Crippen LogP contribution is -2.52. The second-order valence-corrected chi connectivity index (χ2v) is 15.8. The molecular formula is C32H54ClN3O6S. The molecule has 1 aliphatic rings. The average Bonchev–Trinajstić information content (AvgIpc) is 2.93. The van der Waals surface area contributed by atoms with E-state index >= 15 is 0 Å². The highest BCUT2D eigenvalue weighted by atomic mass is 35.5. The predicted octanol–water partition coefficient (Wildman–Crippen LogP) is 3.45. The quantitative estimate of drug-likeness (QED) is 0.192. The molecule has 0 unspecified atom stereocenters. The van der Waals surface area contributed by atoms with Crippen molar-refractivity contribution in [3.63, 3.8) is 0 Å². The fourth-order valence-electron chi connectivity index (χ4n) is 5.66. The molecule has 5 atom stereocenters. The molecule has 1 aromatic rings. The standard InChI is InChI=1S/C32H54ClN3O6S/c1-22(2)16-29(37)30(38)28(19-24-10-7-6-8-11-24)35-31(39)23(3)20-34-32(40)26(17-25-12-9-13-27(33)18-25)21-43(41,42)15-14-36(4)5/h9,12-13,18,22-24,26,28-30,37-38H,6-8,10-11,14-17,19-21H2,1-5H3,(H,34,40)(H,35,39)/t23-,26-,28+,29+,30-/m1/s1. The molecule has 0 aliphatic heterocycles. The molecule has 9 nitrogen and oxygen atoms in total. The van der Waals surface area contributed by atoms with E-state index in [-0.39, 0.29) is 36.3 Å². The SMILES string of the molecule is CC(C)C[C@H](O)[C@H](O)[C@H](CC1CCCCC1)NC(=O)[C@H](C)CNC(=O)[C@H](Cc1cccc(Cl)c1)CS(=O)(=O)CCN(C)C. The smallest absolute Gasteiger partial charge is 0.224 e. The number of carbonyl (C=O) groups excluding carboxylic acids is 2. The van der Waals surface area contributed by atoms with Gasteiger partial charge in [-0.15, -0.1) is 0 Å².